The fraction of sp³-hybridized carbons (Fsp3) is 0.0833. The van der Waals surface area contributed by atoms with E-state index >= 15 is 0 Å². The summed E-state index contributed by atoms with van der Waals surface area (Å²) in [6.45, 7) is 0. The molecule has 0 saturated heterocycles. The number of fused-ring (bicyclic) bond motifs is 1. The van der Waals surface area contributed by atoms with E-state index in [0.717, 1.165) is 5.39 Å². The van der Waals surface area contributed by atoms with Gasteiger partial charge in [0.05, 0.1) is 12.7 Å². The van der Waals surface area contributed by atoms with E-state index in [2.05, 4.69) is 8.92 Å². The summed E-state index contributed by atoms with van der Waals surface area (Å²) in [4.78, 5) is 11.5. The molecule has 18 heavy (non-hydrogen) atoms. The van der Waals surface area contributed by atoms with E-state index in [1.807, 2.05) is 0 Å². The molecule has 0 radical (unpaired) electrons. The zero-order chi connectivity index (χ0) is 13.1. The van der Waals surface area contributed by atoms with E-state index in [4.69, 9.17) is 4.55 Å². The van der Waals surface area contributed by atoms with Gasteiger partial charge in [0.2, 0.25) is 0 Å². The van der Waals surface area contributed by atoms with Crippen molar-refractivity contribution in [2.24, 2.45) is 0 Å². The molecule has 0 aliphatic rings. The monoisotopic (exact) mass is 266 g/mol. The van der Waals surface area contributed by atoms with Gasteiger partial charge in [0.15, 0.2) is 0 Å². The van der Waals surface area contributed by atoms with Gasteiger partial charge in [-0.05, 0) is 35.0 Å². The minimum atomic E-state index is -2.37. The van der Waals surface area contributed by atoms with Crippen LogP contribution in [-0.4, -0.2) is 21.8 Å². The first-order chi connectivity index (χ1) is 8.61. The second-order valence-electron chi connectivity index (χ2n) is 3.48. The number of rotatable bonds is 3. The van der Waals surface area contributed by atoms with Gasteiger partial charge in [-0.25, -0.2) is 4.79 Å². The third-order valence-corrected chi connectivity index (χ3v) is 2.76. The van der Waals surface area contributed by atoms with Crippen LogP contribution in [0.2, 0.25) is 0 Å². The molecule has 0 saturated carbocycles. The van der Waals surface area contributed by atoms with E-state index in [1.165, 1.54) is 13.2 Å². The predicted octanol–water partition coefficient (Wildman–Crippen LogP) is 2.14. The molecule has 0 bridgehead atoms. The number of methoxy groups -OCH3 is 1. The fourth-order valence-corrected chi connectivity index (χ4v) is 1.95. The second-order valence-corrected chi connectivity index (χ2v) is 4.08. The molecule has 0 aromatic heterocycles. The Balaban J connectivity index is 2.53. The second kappa shape index (κ2) is 5.16. The first kappa shape index (κ1) is 12.5. The molecule has 0 aliphatic heterocycles. The lowest BCUT2D eigenvalue weighted by Crippen LogP contribution is -2.02. The van der Waals surface area contributed by atoms with Crippen molar-refractivity contribution in [3.05, 3.63) is 42.0 Å². The van der Waals surface area contributed by atoms with Crippen LogP contribution in [0.15, 0.2) is 36.4 Å². The van der Waals surface area contributed by atoms with Crippen LogP contribution in [0.5, 0.6) is 5.75 Å². The van der Waals surface area contributed by atoms with Crippen molar-refractivity contribution in [3.8, 4) is 5.75 Å². The van der Waals surface area contributed by atoms with Crippen LogP contribution < -0.4 is 4.18 Å². The molecular weight excluding hydrogens is 256 g/mol. The van der Waals surface area contributed by atoms with E-state index in [-0.39, 0.29) is 5.75 Å². The van der Waals surface area contributed by atoms with Gasteiger partial charge in [0, 0.05) is 0 Å². The minimum Gasteiger partial charge on any atom is -0.465 e. The molecule has 0 amide bonds. The summed E-state index contributed by atoms with van der Waals surface area (Å²) in [6.07, 6.45) is 0. The molecule has 0 heterocycles. The SMILES string of the molecule is COC(=O)c1cccc2cc(OS(=O)O)ccc12. The first-order valence-corrected chi connectivity index (χ1v) is 6.05. The van der Waals surface area contributed by atoms with Crippen LogP contribution in [0.1, 0.15) is 10.4 Å². The van der Waals surface area contributed by atoms with Crippen molar-refractivity contribution < 1.29 is 22.5 Å². The largest absolute Gasteiger partial charge is 0.465 e. The van der Waals surface area contributed by atoms with E-state index < -0.39 is 17.3 Å². The number of benzene rings is 2. The maximum Gasteiger partial charge on any atom is 0.357 e. The molecule has 0 fully saturated rings. The summed E-state index contributed by atoms with van der Waals surface area (Å²) in [6, 6.07) is 9.87. The average molecular weight is 266 g/mol. The molecular formula is C12H10O5S. The third kappa shape index (κ3) is 2.49. The Morgan fingerprint density at radius 3 is 2.72 bits per heavy atom. The van der Waals surface area contributed by atoms with Crippen molar-refractivity contribution in [2.75, 3.05) is 7.11 Å². The highest BCUT2D eigenvalue weighted by Gasteiger charge is 2.10. The summed E-state index contributed by atoms with van der Waals surface area (Å²) in [7, 11) is 1.31. The van der Waals surface area contributed by atoms with Gasteiger partial charge >= 0.3 is 17.3 Å². The third-order valence-electron chi connectivity index (χ3n) is 2.42. The summed E-state index contributed by atoms with van der Waals surface area (Å²) in [5.41, 5.74) is 0.437. The zero-order valence-electron chi connectivity index (χ0n) is 9.45. The standard InChI is InChI=1S/C12H10O5S/c1-16-12(13)11-4-2-3-8-7-9(17-18(14)15)5-6-10(8)11/h2-7H,1H3,(H,14,15). The molecule has 1 atom stereocenters. The molecule has 94 valence electrons. The smallest absolute Gasteiger partial charge is 0.357 e. The number of carbonyl (C=O) groups excluding carboxylic acids is 1. The van der Waals surface area contributed by atoms with E-state index in [0.29, 0.717) is 10.9 Å². The Bertz CT molecular complexity index is 623. The average Bonchev–Trinajstić information content (AvgIpc) is 2.36. The number of hydrogen-bond donors (Lipinski definition) is 1. The van der Waals surface area contributed by atoms with Crippen LogP contribution in [0.25, 0.3) is 10.8 Å². The van der Waals surface area contributed by atoms with Gasteiger partial charge in [-0.15, -0.1) is 0 Å². The van der Waals surface area contributed by atoms with Gasteiger partial charge < -0.3 is 8.92 Å². The van der Waals surface area contributed by atoms with E-state index in [1.54, 1.807) is 30.3 Å². The summed E-state index contributed by atoms with van der Waals surface area (Å²) >= 11 is -2.37. The van der Waals surface area contributed by atoms with Gasteiger partial charge in [-0.3, -0.25) is 4.55 Å². The highest BCUT2D eigenvalue weighted by atomic mass is 32.2. The van der Waals surface area contributed by atoms with Crippen LogP contribution in [0.4, 0.5) is 0 Å². The maximum absolute atomic E-state index is 11.5. The zero-order valence-corrected chi connectivity index (χ0v) is 10.3. The van der Waals surface area contributed by atoms with Crippen LogP contribution in [0, 0.1) is 0 Å². The highest BCUT2D eigenvalue weighted by molar-refractivity contribution is 7.74. The molecule has 1 unspecified atom stereocenters. The Morgan fingerprint density at radius 1 is 1.28 bits per heavy atom. The topological polar surface area (TPSA) is 72.8 Å². The van der Waals surface area contributed by atoms with Crippen LogP contribution in [0.3, 0.4) is 0 Å². The van der Waals surface area contributed by atoms with Crippen molar-refractivity contribution in [1.29, 1.82) is 0 Å². The predicted molar refractivity (Wildman–Crippen MR) is 66.7 cm³/mol. The molecule has 6 heteroatoms. The minimum absolute atomic E-state index is 0.255. The highest BCUT2D eigenvalue weighted by Crippen LogP contribution is 2.24. The van der Waals surface area contributed by atoms with Crippen LogP contribution in [-0.2, 0) is 16.1 Å². The van der Waals surface area contributed by atoms with Gasteiger partial charge in [0.1, 0.15) is 5.75 Å². The number of carbonyl (C=O) groups is 1. The van der Waals surface area contributed by atoms with Gasteiger partial charge in [-0.2, -0.15) is 4.21 Å². The Kier molecular flexibility index (Phi) is 3.59. The lowest BCUT2D eigenvalue weighted by atomic mass is 10.0. The molecule has 1 N–H and O–H groups in total. The quantitative estimate of drug-likeness (QED) is 0.680. The first-order valence-electron chi connectivity index (χ1n) is 5.02. The molecule has 0 aliphatic carbocycles. The Hall–Kier alpha value is -1.92. The van der Waals surface area contributed by atoms with Gasteiger partial charge in [0.25, 0.3) is 0 Å². The van der Waals surface area contributed by atoms with Crippen molar-refractivity contribution >= 4 is 28.1 Å². The molecule has 0 spiro atoms. The summed E-state index contributed by atoms with van der Waals surface area (Å²) < 4.78 is 28.5. The maximum atomic E-state index is 11.5. The number of esters is 1. The van der Waals surface area contributed by atoms with Crippen LogP contribution >= 0.6 is 0 Å². The Labute approximate surface area is 106 Å². The van der Waals surface area contributed by atoms with E-state index in [9.17, 15) is 9.00 Å². The number of hydrogen-bond acceptors (Lipinski definition) is 4. The normalized spacial score (nSPS) is 12.1. The fourth-order valence-electron chi connectivity index (χ4n) is 1.68. The van der Waals surface area contributed by atoms with Gasteiger partial charge in [-0.1, -0.05) is 12.1 Å². The molecule has 2 aromatic rings. The lowest BCUT2D eigenvalue weighted by Gasteiger charge is -2.06. The van der Waals surface area contributed by atoms with Crippen molar-refractivity contribution in [3.63, 3.8) is 0 Å². The molecule has 2 rings (SSSR count). The lowest BCUT2D eigenvalue weighted by molar-refractivity contribution is 0.0603. The molecule has 2 aromatic carbocycles. The Morgan fingerprint density at radius 2 is 2.06 bits per heavy atom. The molecule has 5 nitrogen and oxygen atoms in total. The number of ether oxygens (including phenoxy) is 1. The van der Waals surface area contributed by atoms with Crippen molar-refractivity contribution in [2.45, 2.75) is 0 Å². The van der Waals surface area contributed by atoms with Crippen molar-refractivity contribution in [1.82, 2.24) is 0 Å². The summed E-state index contributed by atoms with van der Waals surface area (Å²) in [5.74, 6) is -0.176. The summed E-state index contributed by atoms with van der Waals surface area (Å²) in [5, 5.41) is 1.42.